The lowest BCUT2D eigenvalue weighted by Crippen LogP contribution is -2.51. The Bertz CT molecular complexity index is 1060. The second-order valence-electron chi connectivity index (χ2n) is 8.22. The van der Waals surface area contributed by atoms with Crippen LogP contribution in [0.2, 0.25) is 0 Å². The van der Waals surface area contributed by atoms with Gasteiger partial charge in [0.25, 0.3) is 5.91 Å². The molecular weight excluding hydrogens is 425 g/mol. The average Bonchev–Trinajstić information content (AvgIpc) is 3.46. The van der Waals surface area contributed by atoms with Gasteiger partial charge >= 0.3 is 6.18 Å². The van der Waals surface area contributed by atoms with Crippen molar-refractivity contribution in [1.29, 1.82) is 0 Å². The van der Waals surface area contributed by atoms with Crippen LogP contribution in [-0.4, -0.2) is 54.6 Å². The normalized spacial score (nSPS) is 22.1. The fourth-order valence-corrected chi connectivity index (χ4v) is 4.43. The lowest BCUT2D eigenvalue weighted by atomic mass is 10.1. The van der Waals surface area contributed by atoms with E-state index in [-0.39, 0.29) is 43.2 Å². The van der Waals surface area contributed by atoms with Gasteiger partial charge in [-0.15, -0.1) is 0 Å². The molecule has 1 saturated heterocycles. The van der Waals surface area contributed by atoms with E-state index in [2.05, 4.69) is 0 Å². The van der Waals surface area contributed by atoms with E-state index >= 15 is 0 Å². The van der Waals surface area contributed by atoms with Crippen molar-refractivity contribution in [2.45, 2.75) is 18.5 Å². The van der Waals surface area contributed by atoms with Crippen molar-refractivity contribution < 1.29 is 32.2 Å². The number of benzene rings is 2. The standard InChI is InChI=1S/C23H21F3N2O4/c24-23(25,26)18-4-2-1-3-15(18)21(29)27-7-9-28(10-8-27)22(30)17-12-16(17)14-5-6-19-20(11-14)32-13-31-19/h1-6,11,16-17H,7-10,12-13H2/t16-,17-/m0/s1. The maximum atomic E-state index is 13.3. The van der Waals surface area contributed by atoms with Crippen LogP contribution < -0.4 is 9.47 Å². The molecule has 5 rings (SSSR count). The van der Waals surface area contributed by atoms with E-state index < -0.39 is 17.6 Å². The number of halogens is 3. The third kappa shape index (κ3) is 3.76. The van der Waals surface area contributed by atoms with Gasteiger partial charge in [-0.25, -0.2) is 0 Å². The highest BCUT2D eigenvalue weighted by Crippen LogP contribution is 2.50. The van der Waals surface area contributed by atoms with Gasteiger partial charge in [-0.05, 0) is 42.2 Å². The van der Waals surface area contributed by atoms with E-state index in [1.54, 1.807) is 4.90 Å². The molecule has 2 aromatic carbocycles. The van der Waals surface area contributed by atoms with E-state index in [0.29, 0.717) is 24.6 Å². The van der Waals surface area contributed by atoms with Gasteiger partial charge < -0.3 is 19.3 Å². The predicted octanol–water partition coefficient (Wildman–Crippen LogP) is 3.52. The average molecular weight is 446 g/mol. The van der Waals surface area contributed by atoms with Crippen molar-refractivity contribution in [2.75, 3.05) is 33.0 Å². The second-order valence-corrected chi connectivity index (χ2v) is 8.22. The summed E-state index contributed by atoms with van der Waals surface area (Å²) in [4.78, 5) is 28.7. The summed E-state index contributed by atoms with van der Waals surface area (Å²) in [6, 6.07) is 10.5. The second kappa shape index (κ2) is 7.72. The van der Waals surface area contributed by atoms with Gasteiger partial charge in [0.1, 0.15) is 0 Å². The Morgan fingerprint density at radius 1 is 0.906 bits per heavy atom. The first-order valence-electron chi connectivity index (χ1n) is 10.5. The zero-order valence-electron chi connectivity index (χ0n) is 17.1. The minimum absolute atomic E-state index is 0.0236. The molecule has 2 amide bonds. The van der Waals surface area contributed by atoms with Crippen molar-refractivity contribution in [1.82, 2.24) is 9.80 Å². The topological polar surface area (TPSA) is 59.1 Å². The van der Waals surface area contributed by atoms with E-state index in [1.807, 2.05) is 18.2 Å². The highest BCUT2D eigenvalue weighted by molar-refractivity contribution is 5.96. The monoisotopic (exact) mass is 446 g/mol. The van der Waals surface area contributed by atoms with Crippen LogP contribution in [0.25, 0.3) is 0 Å². The molecule has 168 valence electrons. The fourth-order valence-electron chi connectivity index (χ4n) is 4.43. The molecule has 2 aliphatic heterocycles. The molecule has 0 unspecified atom stereocenters. The molecule has 9 heteroatoms. The molecule has 6 nitrogen and oxygen atoms in total. The van der Waals surface area contributed by atoms with Crippen LogP contribution in [0.4, 0.5) is 13.2 Å². The first-order valence-corrected chi connectivity index (χ1v) is 10.5. The molecule has 1 aliphatic carbocycles. The van der Waals surface area contributed by atoms with Crippen molar-refractivity contribution >= 4 is 11.8 Å². The molecule has 2 fully saturated rings. The number of nitrogens with zero attached hydrogens (tertiary/aromatic N) is 2. The van der Waals surface area contributed by atoms with Gasteiger partial charge in [0, 0.05) is 32.1 Å². The molecule has 32 heavy (non-hydrogen) atoms. The number of carbonyl (C=O) groups is 2. The van der Waals surface area contributed by atoms with Gasteiger partial charge in [-0.3, -0.25) is 9.59 Å². The number of fused-ring (bicyclic) bond motifs is 1. The van der Waals surface area contributed by atoms with Crippen LogP contribution in [0.3, 0.4) is 0 Å². The van der Waals surface area contributed by atoms with Crippen LogP contribution in [0.5, 0.6) is 11.5 Å². The number of alkyl halides is 3. The van der Waals surface area contributed by atoms with Crippen LogP contribution in [0.15, 0.2) is 42.5 Å². The molecule has 2 aromatic rings. The van der Waals surface area contributed by atoms with Crippen molar-refractivity contribution in [3.63, 3.8) is 0 Å². The van der Waals surface area contributed by atoms with Crippen LogP contribution >= 0.6 is 0 Å². The number of amides is 2. The van der Waals surface area contributed by atoms with Gasteiger partial charge in [0.2, 0.25) is 12.7 Å². The van der Waals surface area contributed by atoms with Crippen molar-refractivity contribution in [2.24, 2.45) is 5.92 Å². The van der Waals surface area contributed by atoms with Gasteiger partial charge in [-0.1, -0.05) is 18.2 Å². The van der Waals surface area contributed by atoms with Crippen molar-refractivity contribution in [3.8, 4) is 11.5 Å². The van der Waals surface area contributed by atoms with Crippen LogP contribution in [0.1, 0.15) is 33.8 Å². The number of rotatable bonds is 3. The lowest BCUT2D eigenvalue weighted by molar-refractivity contribution is -0.138. The Morgan fingerprint density at radius 2 is 1.59 bits per heavy atom. The molecule has 0 radical (unpaired) electrons. The Balaban J connectivity index is 1.20. The maximum absolute atomic E-state index is 13.3. The van der Waals surface area contributed by atoms with Crippen molar-refractivity contribution in [3.05, 3.63) is 59.2 Å². The lowest BCUT2D eigenvalue weighted by Gasteiger charge is -2.35. The summed E-state index contributed by atoms with van der Waals surface area (Å²) < 4.78 is 50.5. The third-order valence-electron chi connectivity index (χ3n) is 6.27. The highest BCUT2D eigenvalue weighted by atomic mass is 19.4. The smallest absolute Gasteiger partial charge is 0.417 e. The van der Waals surface area contributed by atoms with E-state index in [9.17, 15) is 22.8 Å². The predicted molar refractivity (Wildman–Crippen MR) is 107 cm³/mol. The number of hydrogen-bond acceptors (Lipinski definition) is 4. The molecule has 0 bridgehead atoms. The number of piperazine rings is 1. The first-order chi connectivity index (χ1) is 15.3. The quantitative estimate of drug-likeness (QED) is 0.724. The van der Waals surface area contributed by atoms with Gasteiger partial charge in [-0.2, -0.15) is 13.2 Å². The molecule has 2 atom stereocenters. The van der Waals surface area contributed by atoms with Crippen LogP contribution in [-0.2, 0) is 11.0 Å². The molecule has 3 aliphatic rings. The fraction of sp³-hybridized carbons (Fsp3) is 0.391. The molecule has 0 N–H and O–H groups in total. The summed E-state index contributed by atoms with van der Waals surface area (Å²) in [6.07, 6.45) is -3.85. The van der Waals surface area contributed by atoms with Crippen LogP contribution in [0, 0.1) is 5.92 Å². The summed E-state index contributed by atoms with van der Waals surface area (Å²) >= 11 is 0. The Morgan fingerprint density at radius 3 is 2.34 bits per heavy atom. The van der Waals surface area contributed by atoms with Gasteiger partial charge in [0.05, 0.1) is 11.1 Å². The van der Waals surface area contributed by atoms with E-state index in [4.69, 9.17) is 9.47 Å². The van der Waals surface area contributed by atoms with Gasteiger partial charge in [0.15, 0.2) is 11.5 Å². The number of carbonyl (C=O) groups excluding carboxylic acids is 2. The SMILES string of the molecule is O=C(c1ccccc1C(F)(F)F)N1CCN(C(=O)[C@H]2C[C@H]2c2ccc3c(c2)OCO3)CC1. The summed E-state index contributed by atoms with van der Waals surface area (Å²) in [5, 5.41) is 0. The zero-order valence-corrected chi connectivity index (χ0v) is 17.1. The summed E-state index contributed by atoms with van der Waals surface area (Å²) in [6.45, 7) is 1.23. The highest BCUT2D eigenvalue weighted by Gasteiger charge is 2.46. The molecular formula is C23H21F3N2O4. The largest absolute Gasteiger partial charge is 0.454 e. The molecule has 1 saturated carbocycles. The molecule has 0 spiro atoms. The minimum atomic E-state index is -4.60. The summed E-state index contributed by atoms with van der Waals surface area (Å²) in [5.41, 5.74) is -0.261. The molecule has 2 heterocycles. The third-order valence-corrected chi connectivity index (χ3v) is 6.27. The Labute approximate surface area is 182 Å². The Hall–Kier alpha value is -3.23. The number of ether oxygens (including phenoxy) is 2. The summed E-state index contributed by atoms with van der Waals surface area (Å²) in [7, 11) is 0. The molecule has 0 aromatic heterocycles. The summed E-state index contributed by atoms with van der Waals surface area (Å²) in [5.74, 6) is 0.751. The maximum Gasteiger partial charge on any atom is 0.417 e. The Kier molecular flexibility index (Phi) is 4.98. The van der Waals surface area contributed by atoms with E-state index in [0.717, 1.165) is 18.1 Å². The minimum Gasteiger partial charge on any atom is -0.454 e. The first kappa shape index (κ1) is 20.7. The number of hydrogen-bond donors (Lipinski definition) is 0. The van der Waals surface area contributed by atoms with E-state index in [1.165, 1.54) is 23.1 Å². The zero-order chi connectivity index (χ0) is 22.5.